The van der Waals surface area contributed by atoms with Crippen molar-refractivity contribution in [2.24, 2.45) is 0 Å². The maximum atomic E-state index is 5.19. The molecular weight excluding hydrogens is 1170 g/mol. The average molecular weight is 1230 g/mol. The maximum absolute atomic E-state index is 5.19. The zero-order valence-electron chi connectivity index (χ0n) is 52.3. The first-order valence-electron chi connectivity index (χ1n) is 32.3. The van der Waals surface area contributed by atoms with Crippen LogP contribution in [0.2, 0.25) is 0 Å². The van der Waals surface area contributed by atoms with Crippen molar-refractivity contribution >= 4 is 32.3 Å². The molecule has 0 atom stereocenters. The molecule has 0 spiro atoms. The third kappa shape index (κ3) is 12.4. The number of hydrogen-bond acceptors (Lipinski definition) is 6. The predicted octanol–water partition coefficient (Wildman–Crippen LogP) is 23.2. The van der Waals surface area contributed by atoms with Gasteiger partial charge in [-0.3, -0.25) is 9.97 Å². The van der Waals surface area contributed by atoms with Crippen LogP contribution < -0.4 is 0 Å². The number of benzene rings is 13. The molecule has 0 bridgehead atoms. The van der Waals surface area contributed by atoms with Gasteiger partial charge >= 0.3 is 0 Å². The molecule has 4 heterocycles. The Morgan fingerprint density at radius 2 is 0.500 bits per heavy atom. The topological polar surface area (TPSA) is 77.3 Å². The summed E-state index contributed by atoms with van der Waals surface area (Å²) in [7, 11) is 0. The average Bonchev–Trinajstić information content (AvgIpc) is 0.793. The van der Waals surface area contributed by atoms with Crippen LogP contribution in [0.4, 0.5) is 0 Å². The summed E-state index contributed by atoms with van der Waals surface area (Å²) in [6.07, 6.45) is 7.38. The van der Waals surface area contributed by atoms with Crippen LogP contribution in [0.15, 0.2) is 365 Å². The van der Waals surface area contributed by atoms with E-state index in [-0.39, 0.29) is 0 Å². The number of rotatable bonds is 12. The summed E-state index contributed by atoms with van der Waals surface area (Å²) in [5, 5.41) is 7.48. The van der Waals surface area contributed by atoms with Gasteiger partial charge in [-0.25, -0.2) is 19.9 Å². The van der Waals surface area contributed by atoms with Crippen LogP contribution in [0.5, 0.6) is 0 Å². The molecule has 17 aromatic rings. The fourth-order valence-electron chi connectivity index (χ4n) is 12.8. The minimum Gasteiger partial charge on any atom is -0.264 e. The standard InChI is InChI=1S/C47H31N3.C43H29N3/c1-2-11-32(12-3-1)35-14-8-16-38(27-35)45-30-46(39-17-9-15-36(28-39)40-18-10-26-48-31-40)50-47(49-45)34-24-22-33(23-25-34)44-29-37-13-4-5-19-41(37)42-20-6-7-21-43(42)44;1-2-9-30(10-3-1)35-13-6-15-38(26-35)41-28-42(39-16-7-14-36(27-39)40-17-8-24-44-29-40)46-43(45-41)33-21-18-32(19-22-33)37-23-20-31-11-4-5-12-34(31)25-37/h1-31H;1-29H. The van der Waals surface area contributed by atoms with Gasteiger partial charge in [0.25, 0.3) is 0 Å². The molecule has 17 rings (SSSR count). The van der Waals surface area contributed by atoms with Crippen molar-refractivity contribution in [3.63, 3.8) is 0 Å². The summed E-state index contributed by atoms with van der Waals surface area (Å²) >= 11 is 0. The van der Waals surface area contributed by atoms with Gasteiger partial charge in [0.15, 0.2) is 11.6 Å². The molecule has 0 aliphatic rings. The molecule has 0 N–H and O–H groups in total. The minimum atomic E-state index is 0.685. The van der Waals surface area contributed by atoms with Crippen molar-refractivity contribution in [1.29, 1.82) is 0 Å². The lowest BCUT2D eigenvalue weighted by Gasteiger charge is -2.13. The maximum Gasteiger partial charge on any atom is 0.160 e. The number of fused-ring (bicyclic) bond motifs is 4. The number of nitrogens with zero attached hydrogens (tertiary/aromatic N) is 6. The Labute approximate surface area is 558 Å². The van der Waals surface area contributed by atoms with E-state index < -0.39 is 0 Å². The molecule has 0 saturated heterocycles. The van der Waals surface area contributed by atoms with Crippen LogP contribution in [-0.4, -0.2) is 29.9 Å². The molecule has 0 saturated carbocycles. The second kappa shape index (κ2) is 26.4. The van der Waals surface area contributed by atoms with E-state index in [1.54, 1.807) is 12.4 Å². The highest BCUT2D eigenvalue weighted by atomic mass is 14.9. The SMILES string of the molecule is c1ccc(-c2cccc(-c3cc(-c4cccc(-c5cccnc5)c4)nc(-c4ccc(-c5cc6ccccc6c6ccccc56)cc4)n3)c2)cc1.c1ccc(-c2cccc(-c3cc(-c4cccc(-c5cccnc5)c4)nc(-c4ccc(-c5ccc6ccccc6c5)cc4)n3)c2)cc1. The quantitative estimate of drug-likeness (QED) is 0.113. The molecule has 6 nitrogen and oxygen atoms in total. The Morgan fingerprint density at radius 3 is 0.969 bits per heavy atom. The summed E-state index contributed by atoms with van der Waals surface area (Å²) in [6, 6.07) is 119. The van der Waals surface area contributed by atoms with Crippen molar-refractivity contribution in [2.75, 3.05) is 0 Å². The van der Waals surface area contributed by atoms with E-state index in [4.69, 9.17) is 19.9 Å². The van der Waals surface area contributed by atoms with Crippen molar-refractivity contribution in [1.82, 2.24) is 29.9 Å². The fourth-order valence-corrected chi connectivity index (χ4v) is 12.8. The number of pyridine rings is 2. The van der Waals surface area contributed by atoms with E-state index in [2.05, 4.69) is 325 Å². The second-order valence-electron chi connectivity index (χ2n) is 23.9. The van der Waals surface area contributed by atoms with E-state index in [1.807, 2.05) is 36.7 Å². The molecule has 13 aromatic carbocycles. The highest BCUT2D eigenvalue weighted by Crippen LogP contribution is 2.39. The van der Waals surface area contributed by atoms with Crippen LogP contribution in [0.3, 0.4) is 0 Å². The van der Waals surface area contributed by atoms with Gasteiger partial charge in [-0.2, -0.15) is 0 Å². The van der Waals surface area contributed by atoms with Crippen molar-refractivity contribution in [3.05, 3.63) is 365 Å². The van der Waals surface area contributed by atoms with E-state index in [1.165, 1.54) is 54.6 Å². The first-order valence-corrected chi connectivity index (χ1v) is 32.3. The summed E-state index contributed by atoms with van der Waals surface area (Å²) in [5.41, 5.74) is 23.2. The van der Waals surface area contributed by atoms with Gasteiger partial charge in [0.2, 0.25) is 0 Å². The van der Waals surface area contributed by atoms with Crippen LogP contribution in [0, 0.1) is 0 Å². The zero-order valence-corrected chi connectivity index (χ0v) is 52.3. The van der Waals surface area contributed by atoms with Crippen LogP contribution in [0.1, 0.15) is 0 Å². The highest BCUT2D eigenvalue weighted by molar-refractivity contribution is 6.13. The van der Waals surface area contributed by atoms with Gasteiger partial charge in [-0.05, 0) is 149 Å². The largest absolute Gasteiger partial charge is 0.264 e. The molecule has 0 aliphatic carbocycles. The molecular formula is C90H60N6. The third-order valence-electron chi connectivity index (χ3n) is 17.7. The van der Waals surface area contributed by atoms with Gasteiger partial charge < -0.3 is 0 Å². The van der Waals surface area contributed by atoms with Crippen molar-refractivity contribution < 1.29 is 0 Å². The molecule has 6 heteroatoms. The van der Waals surface area contributed by atoms with Gasteiger partial charge in [-0.15, -0.1) is 0 Å². The Morgan fingerprint density at radius 1 is 0.167 bits per heavy atom. The van der Waals surface area contributed by atoms with Crippen LogP contribution in [0.25, 0.3) is 167 Å². The van der Waals surface area contributed by atoms with Crippen molar-refractivity contribution in [2.45, 2.75) is 0 Å². The lowest BCUT2D eigenvalue weighted by atomic mass is 9.93. The third-order valence-corrected chi connectivity index (χ3v) is 17.7. The molecule has 0 fully saturated rings. The normalized spacial score (nSPS) is 11.1. The van der Waals surface area contributed by atoms with E-state index in [9.17, 15) is 0 Å². The van der Waals surface area contributed by atoms with Gasteiger partial charge in [0.1, 0.15) is 0 Å². The van der Waals surface area contributed by atoms with E-state index >= 15 is 0 Å². The molecule has 0 unspecified atom stereocenters. The monoisotopic (exact) mass is 1220 g/mol. The summed E-state index contributed by atoms with van der Waals surface area (Å²) in [6.45, 7) is 0. The summed E-state index contributed by atoms with van der Waals surface area (Å²) < 4.78 is 0. The Hall–Kier alpha value is -12.9. The molecule has 450 valence electrons. The lowest BCUT2D eigenvalue weighted by Crippen LogP contribution is -1.96. The fraction of sp³-hybridized carbons (Fsp3) is 0. The zero-order chi connectivity index (χ0) is 64.0. The van der Waals surface area contributed by atoms with E-state index in [0.29, 0.717) is 11.6 Å². The first-order chi connectivity index (χ1) is 47.5. The van der Waals surface area contributed by atoms with Crippen molar-refractivity contribution in [3.8, 4) is 135 Å². The molecule has 0 aliphatic heterocycles. The highest BCUT2D eigenvalue weighted by Gasteiger charge is 2.17. The molecule has 0 amide bonds. The summed E-state index contributed by atoms with van der Waals surface area (Å²) in [5.74, 6) is 1.37. The Balaban J connectivity index is 0.000000152. The number of aromatic nitrogens is 6. The smallest absolute Gasteiger partial charge is 0.160 e. The minimum absolute atomic E-state index is 0.685. The van der Waals surface area contributed by atoms with Gasteiger partial charge in [0.05, 0.1) is 22.8 Å². The van der Waals surface area contributed by atoms with Crippen LogP contribution in [-0.2, 0) is 0 Å². The van der Waals surface area contributed by atoms with Gasteiger partial charge in [0, 0.05) is 69.3 Å². The Kier molecular flexibility index (Phi) is 16.0. The summed E-state index contributed by atoms with van der Waals surface area (Å²) in [4.78, 5) is 29.3. The van der Waals surface area contributed by atoms with E-state index in [0.717, 1.165) is 101 Å². The van der Waals surface area contributed by atoms with Gasteiger partial charge in [-0.1, -0.05) is 279 Å². The lowest BCUT2D eigenvalue weighted by molar-refractivity contribution is 1.18. The first kappa shape index (κ1) is 58.2. The molecule has 0 radical (unpaired) electrons. The molecule has 4 aromatic heterocycles. The predicted molar refractivity (Wildman–Crippen MR) is 397 cm³/mol. The van der Waals surface area contributed by atoms with Crippen LogP contribution >= 0.6 is 0 Å². The Bertz CT molecular complexity index is 5420. The molecule has 96 heavy (non-hydrogen) atoms. The number of hydrogen-bond donors (Lipinski definition) is 0. The second-order valence-corrected chi connectivity index (χ2v) is 23.9.